The lowest BCUT2D eigenvalue weighted by Crippen LogP contribution is -2.18. The van der Waals surface area contributed by atoms with Crippen molar-refractivity contribution in [1.82, 2.24) is 0 Å². The average molecular weight is 317 g/mol. The van der Waals surface area contributed by atoms with Gasteiger partial charge in [0.2, 0.25) is 0 Å². The Morgan fingerprint density at radius 2 is 1.70 bits per heavy atom. The van der Waals surface area contributed by atoms with Gasteiger partial charge in [-0.2, -0.15) is 0 Å². The maximum atomic E-state index is 11.8. The van der Waals surface area contributed by atoms with Crippen LogP contribution in [-0.2, 0) is 4.79 Å². The number of rotatable bonds is 7. The number of ether oxygens (including phenoxy) is 3. The third-order valence-corrected chi connectivity index (χ3v) is 2.78. The summed E-state index contributed by atoms with van der Waals surface area (Å²) < 4.78 is 15.8. The van der Waals surface area contributed by atoms with E-state index in [9.17, 15) is 14.9 Å². The molecule has 23 heavy (non-hydrogen) atoms. The highest BCUT2D eigenvalue weighted by Crippen LogP contribution is 2.26. The number of hydrogen-bond acceptors (Lipinski definition) is 6. The van der Waals surface area contributed by atoms with Crippen LogP contribution in [0, 0.1) is 10.1 Å². The van der Waals surface area contributed by atoms with Crippen molar-refractivity contribution >= 4 is 11.7 Å². The number of benzene rings is 2. The Kier molecular flexibility index (Phi) is 5.51. The molecule has 0 heterocycles. The fourth-order valence-electron chi connectivity index (χ4n) is 1.77. The number of non-ortho nitro benzene ring substituents is 1. The van der Waals surface area contributed by atoms with Gasteiger partial charge in [0, 0.05) is 12.1 Å². The second-order valence-electron chi connectivity index (χ2n) is 4.39. The van der Waals surface area contributed by atoms with E-state index < -0.39 is 10.9 Å². The number of nitro groups is 1. The number of nitro benzene ring substituents is 1. The van der Waals surface area contributed by atoms with E-state index in [1.165, 1.54) is 24.3 Å². The molecule has 7 nitrogen and oxygen atoms in total. The molecular formula is C16H15NO6. The summed E-state index contributed by atoms with van der Waals surface area (Å²) in [5, 5.41) is 10.5. The molecule has 2 aromatic rings. The maximum absolute atomic E-state index is 11.8. The van der Waals surface area contributed by atoms with Crippen LogP contribution < -0.4 is 14.2 Å². The van der Waals surface area contributed by atoms with Crippen molar-refractivity contribution < 1.29 is 23.9 Å². The molecule has 0 fully saturated rings. The molecule has 7 heteroatoms. The lowest BCUT2D eigenvalue weighted by molar-refractivity contribution is -0.384. The molecule has 0 unspecified atom stereocenters. The molecule has 120 valence electrons. The Labute approximate surface area is 132 Å². The molecule has 0 amide bonds. The smallest absolute Gasteiger partial charge is 0.349 e. The molecule has 0 saturated heterocycles. The van der Waals surface area contributed by atoms with Crippen molar-refractivity contribution in [3.63, 3.8) is 0 Å². The topological polar surface area (TPSA) is 87.9 Å². The third kappa shape index (κ3) is 4.70. The van der Waals surface area contributed by atoms with Crippen molar-refractivity contribution in [2.75, 3.05) is 13.2 Å². The van der Waals surface area contributed by atoms with E-state index in [4.69, 9.17) is 14.2 Å². The number of esters is 1. The zero-order valence-corrected chi connectivity index (χ0v) is 12.4. The first-order valence-electron chi connectivity index (χ1n) is 6.90. The van der Waals surface area contributed by atoms with Gasteiger partial charge in [-0.3, -0.25) is 10.1 Å². The first-order valence-corrected chi connectivity index (χ1v) is 6.90. The van der Waals surface area contributed by atoms with Crippen LogP contribution in [0.2, 0.25) is 0 Å². The van der Waals surface area contributed by atoms with Crippen LogP contribution in [-0.4, -0.2) is 24.1 Å². The summed E-state index contributed by atoms with van der Waals surface area (Å²) in [5.41, 5.74) is -0.0504. The van der Waals surface area contributed by atoms with Crippen molar-refractivity contribution in [3.05, 3.63) is 58.6 Å². The minimum Gasteiger partial charge on any atom is -0.490 e. The summed E-state index contributed by atoms with van der Waals surface area (Å²) in [4.78, 5) is 21.8. The molecule has 0 bridgehead atoms. The molecule has 0 aliphatic heterocycles. The van der Waals surface area contributed by atoms with Crippen LogP contribution in [0.1, 0.15) is 6.92 Å². The number of hydrogen-bond donors (Lipinski definition) is 0. The highest BCUT2D eigenvalue weighted by Gasteiger charge is 2.11. The summed E-state index contributed by atoms with van der Waals surface area (Å²) in [7, 11) is 0. The Hall–Kier alpha value is -3.09. The van der Waals surface area contributed by atoms with E-state index >= 15 is 0 Å². The SMILES string of the molecule is CCOc1ccccc1OC(=O)COc1ccc([N+](=O)[O-])cc1. The van der Waals surface area contributed by atoms with E-state index in [0.29, 0.717) is 23.9 Å². The molecule has 0 aliphatic rings. The molecule has 0 N–H and O–H groups in total. The first kappa shape index (κ1) is 16.3. The zero-order chi connectivity index (χ0) is 16.7. The summed E-state index contributed by atoms with van der Waals surface area (Å²) in [6.45, 7) is 1.96. The molecule has 2 rings (SSSR count). The van der Waals surface area contributed by atoms with E-state index in [1.54, 1.807) is 24.3 Å². The molecule has 0 aromatic heterocycles. The lowest BCUT2D eigenvalue weighted by Gasteiger charge is -2.10. The highest BCUT2D eigenvalue weighted by atomic mass is 16.6. The maximum Gasteiger partial charge on any atom is 0.349 e. The number of carbonyl (C=O) groups is 1. The second-order valence-corrected chi connectivity index (χ2v) is 4.39. The van der Waals surface area contributed by atoms with Crippen molar-refractivity contribution in [1.29, 1.82) is 0 Å². The van der Waals surface area contributed by atoms with Gasteiger partial charge in [0.15, 0.2) is 18.1 Å². The van der Waals surface area contributed by atoms with Crippen molar-refractivity contribution in [2.45, 2.75) is 6.92 Å². The Balaban J connectivity index is 1.91. The van der Waals surface area contributed by atoms with E-state index in [1.807, 2.05) is 6.92 Å². The summed E-state index contributed by atoms with van der Waals surface area (Å²) in [6, 6.07) is 12.2. The second kappa shape index (κ2) is 7.79. The van der Waals surface area contributed by atoms with Gasteiger partial charge in [0.05, 0.1) is 11.5 Å². The predicted octanol–water partition coefficient (Wildman–Crippen LogP) is 2.98. The minimum absolute atomic E-state index is 0.0504. The predicted molar refractivity (Wildman–Crippen MR) is 81.8 cm³/mol. The monoisotopic (exact) mass is 317 g/mol. The Bertz CT molecular complexity index is 683. The van der Waals surface area contributed by atoms with Crippen LogP contribution in [0.4, 0.5) is 5.69 Å². The van der Waals surface area contributed by atoms with Crippen molar-refractivity contribution in [3.8, 4) is 17.2 Å². The largest absolute Gasteiger partial charge is 0.490 e. The van der Waals surface area contributed by atoms with Crippen LogP contribution >= 0.6 is 0 Å². The summed E-state index contributed by atoms with van der Waals surface area (Å²) in [6.07, 6.45) is 0. The van der Waals surface area contributed by atoms with Gasteiger partial charge in [0.25, 0.3) is 5.69 Å². The number of para-hydroxylation sites is 2. The standard InChI is InChI=1S/C16H15NO6/c1-2-21-14-5-3-4-6-15(14)23-16(18)11-22-13-9-7-12(8-10-13)17(19)20/h3-10H,2,11H2,1H3. The van der Waals surface area contributed by atoms with Gasteiger partial charge in [-0.05, 0) is 31.2 Å². The van der Waals surface area contributed by atoms with Gasteiger partial charge in [-0.1, -0.05) is 12.1 Å². The van der Waals surface area contributed by atoms with E-state index in [0.717, 1.165) is 0 Å². The first-order chi connectivity index (χ1) is 11.1. The summed E-state index contributed by atoms with van der Waals surface area (Å²) >= 11 is 0. The van der Waals surface area contributed by atoms with Crippen molar-refractivity contribution in [2.24, 2.45) is 0 Å². The van der Waals surface area contributed by atoms with Gasteiger partial charge in [-0.25, -0.2) is 4.79 Å². The molecule has 0 atom stereocenters. The lowest BCUT2D eigenvalue weighted by atomic mass is 10.3. The molecule has 2 aromatic carbocycles. The van der Waals surface area contributed by atoms with E-state index in [-0.39, 0.29) is 12.3 Å². The van der Waals surface area contributed by atoms with Gasteiger partial charge >= 0.3 is 5.97 Å². The fourth-order valence-corrected chi connectivity index (χ4v) is 1.77. The number of carbonyl (C=O) groups excluding carboxylic acids is 1. The van der Waals surface area contributed by atoms with E-state index in [2.05, 4.69) is 0 Å². The minimum atomic E-state index is -0.601. The molecule has 0 saturated carbocycles. The molecule has 0 spiro atoms. The quantitative estimate of drug-likeness (QED) is 0.337. The normalized spacial score (nSPS) is 9.96. The number of nitrogens with zero attached hydrogens (tertiary/aromatic N) is 1. The average Bonchev–Trinajstić information content (AvgIpc) is 2.55. The van der Waals surface area contributed by atoms with Gasteiger partial charge in [-0.15, -0.1) is 0 Å². The van der Waals surface area contributed by atoms with Gasteiger partial charge < -0.3 is 14.2 Å². The van der Waals surface area contributed by atoms with Gasteiger partial charge in [0.1, 0.15) is 5.75 Å². The molecular weight excluding hydrogens is 302 g/mol. The Morgan fingerprint density at radius 1 is 1.04 bits per heavy atom. The van der Waals surface area contributed by atoms with Crippen LogP contribution in [0.3, 0.4) is 0 Å². The van der Waals surface area contributed by atoms with Crippen LogP contribution in [0.5, 0.6) is 17.2 Å². The zero-order valence-electron chi connectivity index (χ0n) is 12.4. The fraction of sp³-hybridized carbons (Fsp3) is 0.188. The summed E-state index contributed by atoms with van der Waals surface area (Å²) in [5.74, 6) is 0.520. The highest BCUT2D eigenvalue weighted by molar-refractivity contribution is 5.74. The third-order valence-electron chi connectivity index (χ3n) is 2.78. The van der Waals surface area contributed by atoms with Crippen LogP contribution in [0.15, 0.2) is 48.5 Å². The van der Waals surface area contributed by atoms with Crippen LogP contribution in [0.25, 0.3) is 0 Å². The molecule has 0 radical (unpaired) electrons. The Morgan fingerprint density at radius 3 is 2.30 bits per heavy atom. The molecule has 0 aliphatic carbocycles.